The highest BCUT2D eigenvalue weighted by Crippen LogP contribution is 1.93. The predicted molar refractivity (Wildman–Crippen MR) is 69.0 cm³/mol. The Balaban J connectivity index is 3.23. The summed E-state index contributed by atoms with van der Waals surface area (Å²) in [5.41, 5.74) is 0. The summed E-state index contributed by atoms with van der Waals surface area (Å²) >= 11 is 0. The van der Waals surface area contributed by atoms with Crippen molar-refractivity contribution in [2.75, 3.05) is 26.4 Å². The number of hydrogen-bond donors (Lipinski definition) is 1. The smallest absolute Gasteiger partial charge is 0.222 e. The minimum absolute atomic E-state index is 0.0540. The molecule has 0 spiro atoms. The molecule has 0 rings (SSSR count). The molecule has 0 aromatic rings. The summed E-state index contributed by atoms with van der Waals surface area (Å²) < 4.78 is 10.7. The van der Waals surface area contributed by atoms with E-state index < -0.39 is 0 Å². The van der Waals surface area contributed by atoms with Crippen LogP contribution in [0, 0.1) is 5.92 Å². The maximum atomic E-state index is 11.4. The SMILES string of the molecule is CC(C)COCCC(=O)NCCCOC(C)C. The molecule has 0 aliphatic rings. The third kappa shape index (κ3) is 13.3. The number of nitrogens with one attached hydrogen (secondary N) is 1. The number of carbonyl (C=O) groups is 1. The van der Waals surface area contributed by atoms with Gasteiger partial charge in [-0.2, -0.15) is 0 Å². The van der Waals surface area contributed by atoms with Crippen molar-refractivity contribution in [3.8, 4) is 0 Å². The van der Waals surface area contributed by atoms with Crippen molar-refractivity contribution >= 4 is 5.91 Å². The van der Waals surface area contributed by atoms with Gasteiger partial charge in [-0.1, -0.05) is 13.8 Å². The maximum absolute atomic E-state index is 11.4. The van der Waals surface area contributed by atoms with Gasteiger partial charge in [0.15, 0.2) is 0 Å². The van der Waals surface area contributed by atoms with Crippen molar-refractivity contribution in [2.24, 2.45) is 5.92 Å². The van der Waals surface area contributed by atoms with Gasteiger partial charge in [-0.3, -0.25) is 4.79 Å². The number of amides is 1. The Labute approximate surface area is 105 Å². The Hall–Kier alpha value is -0.610. The highest BCUT2D eigenvalue weighted by molar-refractivity contribution is 5.75. The number of carbonyl (C=O) groups excluding carboxylic acids is 1. The van der Waals surface area contributed by atoms with E-state index in [1.54, 1.807) is 0 Å². The van der Waals surface area contributed by atoms with Crippen LogP contribution in [0.3, 0.4) is 0 Å². The summed E-state index contributed by atoms with van der Waals surface area (Å²) in [6.45, 7) is 10.8. The van der Waals surface area contributed by atoms with Crippen LogP contribution in [-0.2, 0) is 14.3 Å². The standard InChI is InChI=1S/C13H27NO3/c1-11(2)10-16-9-6-13(15)14-7-5-8-17-12(3)4/h11-12H,5-10H2,1-4H3,(H,14,15). The summed E-state index contributed by atoms with van der Waals surface area (Å²) in [6.07, 6.45) is 1.56. The normalized spacial score (nSPS) is 11.2. The van der Waals surface area contributed by atoms with Crippen LogP contribution < -0.4 is 5.32 Å². The molecule has 0 aromatic carbocycles. The van der Waals surface area contributed by atoms with Gasteiger partial charge in [0.1, 0.15) is 0 Å². The number of rotatable bonds is 10. The van der Waals surface area contributed by atoms with Crippen LogP contribution in [0.2, 0.25) is 0 Å². The molecule has 0 radical (unpaired) electrons. The average Bonchev–Trinajstić information content (AvgIpc) is 2.23. The monoisotopic (exact) mass is 245 g/mol. The third-order valence-corrected chi connectivity index (χ3v) is 2.02. The lowest BCUT2D eigenvalue weighted by atomic mass is 10.2. The van der Waals surface area contributed by atoms with E-state index in [4.69, 9.17) is 9.47 Å². The number of hydrogen-bond acceptors (Lipinski definition) is 3. The summed E-state index contributed by atoms with van der Waals surface area (Å²) in [7, 11) is 0. The van der Waals surface area contributed by atoms with E-state index >= 15 is 0 Å². The van der Waals surface area contributed by atoms with Crippen molar-refractivity contribution < 1.29 is 14.3 Å². The molecule has 0 saturated carbocycles. The van der Waals surface area contributed by atoms with E-state index in [-0.39, 0.29) is 12.0 Å². The van der Waals surface area contributed by atoms with Crippen molar-refractivity contribution in [1.29, 1.82) is 0 Å². The molecule has 0 aliphatic heterocycles. The molecular weight excluding hydrogens is 218 g/mol. The topological polar surface area (TPSA) is 47.6 Å². The zero-order chi connectivity index (χ0) is 13.1. The summed E-state index contributed by atoms with van der Waals surface area (Å²) in [6, 6.07) is 0. The zero-order valence-electron chi connectivity index (χ0n) is 11.6. The van der Waals surface area contributed by atoms with Gasteiger partial charge in [0.25, 0.3) is 0 Å². The largest absolute Gasteiger partial charge is 0.381 e. The molecule has 4 nitrogen and oxygen atoms in total. The van der Waals surface area contributed by atoms with Crippen LogP contribution in [0.5, 0.6) is 0 Å². The van der Waals surface area contributed by atoms with Crippen molar-refractivity contribution in [3.63, 3.8) is 0 Å². The Bertz CT molecular complexity index is 193. The Kier molecular flexibility index (Phi) is 10.2. The first-order valence-corrected chi connectivity index (χ1v) is 6.48. The van der Waals surface area contributed by atoms with Crippen LogP contribution in [0.15, 0.2) is 0 Å². The fourth-order valence-corrected chi connectivity index (χ4v) is 1.19. The van der Waals surface area contributed by atoms with E-state index in [0.29, 0.717) is 32.1 Å². The second-order valence-electron chi connectivity index (χ2n) is 4.84. The summed E-state index contributed by atoms with van der Waals surface area (Å²) in [4.78, 5) is 11.4. The van der Waals surface area contributed by atoms with Crippen LogP contribution in [0.4, 0.5) is 0 Å². The van der Waals surface area contributed by atoms with Gasteiger partial charge in [0.05, 0.1) is 12.7 Å². The Morgan fingerprint density at radius 2 is 1.88 bits per heavy atom. The van der Waals surface area contributed by atoms with Gasteiger partial charge in [-0.05, 0) is 26.2 Å². The molecule has 0 atom stereocenters. The predicted octanol–water partition coefficient (Wildman–Crippen LogP) is 1.98. The second-order valence-corrected chi connectivity index (χ2v) is 4.84. The quantitative estimate of drug-likeness (QED) is 0.599. The highest BCUT2D eigenvalue weighted by atomic mass is 16.5. The summed E-state index contributed by atoms with van der Waals surface area (Å²) in [5, 5.41) is 2.85. The minimum Gasteiger partial charge on any atom is -0.381 e. The van der Waals surface area contributed by atoms with E-state index in [2.05, 4.69) is 19.2 Å². The molecular formula is C13H27NO3. The van der Waals surface area contributed by atoms with Crippen molar-refractivity contribution in [1.82, 2.24) is 5.32 Å². The van der Waals surface area contributed by atoms with Crippen LogP contribution in [-0.4, -0.2) is 38.4 Å². The van der Waals surface area contributed by atoms with E-state index in [0.717, 1.165) is 13.0 Å². The van der Waals surface area contributed by atoms with E-state index in [9.17, 15) is 4.79 Å². The zero-order valence-corrected chi connectivity index (χ0v) is 11.6. The fraction of sp³-hybridized carbons (Fsp3) is 0.923. The first kappa shape index (κ1) is 16.4. The second kappa shape index (κ2) is 10.5. The minimum atomic E-state index is 0.0540. The maximum Gasteiger partial charge on any atom is 0.222 e. The molecule has 0 saturated heterocycles. The van der Waals surface area contributed by atoms with Crippen molar-refractivity contribution in [3.05, 3.63) is 0 Å². The Morgan fingerprint density at radius 3 is 2.47 bits per heavy atom. The van der Waals surface area contributed by atoms with Gasteiger partial charge in [0, 0.05) is 26.2 Å². The molecule has 0 unspecified atom stereocenters. The molecule has 1 N–H and O–H groups in total. The van der Waals surface area contributed by atoms with Crippen LogP contribution in [0.1, 0.15) is 40.5 Å². The molecule has 0 aliphatic carbocycles. The van der Waals surface area contributed by atoms with Gasteiger partial charge in [0.2, 0.25) is 5.91 Å². The van der Waals surface area contributed by atoms with Crippen LogP contribution in [0.25, 0.3) is 0 Å². The first-order valence-electron chi connectivity index (χ1n) is 6.48. The molecule has 0 fully saturated rings. The van der Waals surface area contributed by atoms with Gasteiger partial charge >= 0.3 is 0 Å². The lowest BCUT2D eigenvalue weighted by Crippen LogP contribution is -2.26. The summed E-state index contributed by atoms with van der Waals surface area (Å²) in [5.74, 6) is 0.574. The molecule has 1 amide bonds. The van der Waals surface area contributed by atoms with E-state index in [1.165, 1.54) is 0 Å². The third-order valence-electron chi connectivity index (χ3n) is 2.02. The van der Waals surface area contributed by atoms with Crippen molar-refractivity contribution in [2.45, 2.75) is 46.6 Å². The molecule has 0 bridgehead atoms. The average molecular weight is 245 g/mol. The van der Waals surface area contributed by atoms with Crippen LogP contribution >= 0.6 is 0 Å². The number of ether oxygens (including phenoxy) is 2. The van der Waals surface area contributed by atoms with Gasteiger partial charge < -0.3 is 14.8 Å². The Morgan fingerprint density at radius 1 is 1.18 bits per heavy atom. The molecule has 17 heavy (non-hydrogen) atoms. The lowest BCUT2D eigenvalue weighted by molar-refractivity contribution is -0.122. The van der Waals surface area contributed by atoms with Gasteiger partial charge in [-0.15, -0.1) is 0 Å². The molecule has 0 aromatic heterocycles. The molecule has 4 heteroatoms. The van der Waals surface area contributed by atoms with E-state index in [1.807, 2.05) is 13.8 Å². The first-order chi connectivity index (χ1) is 8.02. The lowest BCUT2D eigenvalue weighted by Gasteiger charge is -2.09. The molecule has 0 heterocycles. The fourth-order valence-electron chi connectivity index (χ4n) is 1.19. The van der Waals surface area contributed by atoms with Gasteiger partial charge in [-0.25, -0.2) is 0 Å². The molecule has 102 valence electrons. The highest BCUT2D eigenvalue weighted by Gasteiger charge is 2.01.